The van der Waals surface area contributed by atoms with Crippen LogP contribution in [0.1, 0.15) is 26.2 Å². The minimum atomic E-state index is 0.629. The van der Waals surface area contributed by atoms with Crippen LogP contribution in [0.15, 0.2) is 0 Å². The minimum Gasteiger partial charge on any atom is -0.380 e. The van der Waals surface area contributed by atoms with Crippen molar-refractivity contribution in [3.63, 3.8) is 0 Å². The van der Waals surface area contributed by atoms with Gasteiger partial charge in [0.05, 0.1) is 6.61 Å². The van der Waals surface area contributed by atoms with Gasteiger partial charge in [-0.1, -0.05) is 6.92 Å². The second kappa shape index (κ2) is 4.67. The van der Waals surface area contributed by atoms with Gasteiger partial charge in [-0.25, -0.2) is 0 Å². The second-order valence-electron chi connectivity index (χ2n) is 4.16. The molecule has 3 heteroatoms. The molecule has 2 saturated heterocycles. The molecular formula is C10H19NOS. The Bertz CT molecular complexity index is 156. The first-order valence-corrected chi connectivity index (χ1v) is 6.35. The first kappa shape index (κ1) is 9.81. The van der Waals surface area contributed by atoms with Crippen LogP contribution in [0.3, 0.4) is 0 Å². The fourth-order valence-electron chi connectivity index (χ4n) is 2.14. The first-order chi connectivity index (χ1) is 6.34. The van der Waals surface area contributed by atoms with Crippen molar-refractivity contribution in [3.8, 4) is 0 Å². The highest BCUT2D eigenvalue weighted by Gasteiger charge is 2.24. The summed E-state index contributed by atoms with van der Waals surface area (Å²) in [7, 11) is 0. The lowest BCUT2D eigenvalue weighted by atomic mass is 10.1. The fraction of sp³-hybridized carbons (Fsp3) is 1.00. The van der Waals surface area contributed by atoms with Gasteiger partial charge in [0.15, 0.2) is 0 Å². The van der Waals surface area contributed by atoms with Crippen molar-refractivity contribution >= 4 is 11.8 Å². The van der Waals surface area contributed by atoms with Crippen LogP contribution in [0.25, 0.3) is 0 Å². The Morgan fingerprint density at radius 3 is 2.92 bits per heavy atom. The van der Waals surface area contributed by atoms with Crippen molar-refractivity contribution in [1.82, 2.24) is 5.32 Å². The van der Waals surface area contributed by atoms with Crippen LogP contribution in [-0.4, -0.2) is 36.3 Å². The largest absolute Gasteiger partial charge is 0.380 e. The highest BCUT2D eigenvalue weighted by atomic mass is 32.2. The van der Waals surface area contributed by atoms with E-state index in [1.807, 2.05) is 0 Å². The quantitative estimate of drug-likeness (QED) is 0.734. The van der Waals surface area contributed by atoms with Gasteiger partial charge in [0.1, 0.15) is 0 Å². The average molecular weight is 201 g/mol. The third-order valence-electron chi connectivity index (χ3n) is 2.83. The number of rotatable bonds is 2. The van der Waals surface area contributed by atoms with Crippen LogP contribution < -0.4 is 5.32 Å². The van der Waals surface area contributed by atoms with Gasteiger partial charge < -0.3 is 10.1 Å². The van der Waals surface area contributed by atoms with Gasteiger partial charge in [-0.3, -0.25) is 0 Å². The Balaban J connectivity index is 1.71. The van der Waals surface area contributed by atoms with Gasteiger partial charge in [0, 0.05) is 29.7 Å². The summed E-state index contributed by atoms with van der Waals surface area (Å²) in [6.07, 6.45) is 3.86. The third kappa shape index (κ3) is 2.86. The van der Waals surface area contributed by atoms with Crippen LogP contribution in [0.2, 0.25) is 0 Å². The van der Waals surface area contributed by atoms with E-state index in [4.69, 9.17) is 4.74 Å². The van der Waals surface area contributed by atoms with Gasteiger partial charge in [0.2, 0.25) is 0 Å². The highest BCUT2D eigenvalue weighted by molar-refractivity contribution is 8.00. The molecular weight excluding hydrogens is 182 g/mol. The first-order valence-electron chi connectivity index (χ1n) is 5.30. The molecule has 0 aromatic rings. The van der Waals surface area contributed by atoms with E-state index < -0.39 is 0 Å². The maximum atomic E-state index is 5.45. The summed E-state index contributed by atoms with van der Waals surface area (Å²) >= 11 is 2.09. The lowest BCUT2D eigenvalue weighted by molar-refractivity contribution is 0.0672. The molecule has 2 rings (SSSR count). The molecule has 3 atom stereocenters. The molecule has 2 aliphatic rings. The van der Waals surface area contributed by atoms with E-state index >= 15 is 0 Å². The molecule has 2 aliphatic heterocycles. The Morgan fingerprint density at radius 2 is 2.31 bits per heavy atom. The number of thioether (sulfide) groups is 1. The van der Waals surface area contributed by atoms with Crippen LogP contribution in [-0.2, 0) is 4.74 Å². The van der Waals surface area contributed by atoms with Crippen molar-refractivity contribution in [3.05, 3.63) is 0 Å². The molecule has 76 valence electrons. The Morgan fingerprint density at radius 1 is 1.38 bits per heavy atom. The molecule has 0 radical (unpaired) electrons. The van der Waals surface area contributed by atoms with E-state index in [0.29, 0.717) is 6.04 Å². The van der Waals surface area contributed by atoms with Crippen molar-refractivity contribution < 1.29 is 4.74 Å². The molecule has 1 N–H and O–H groups in total. The van der Waals surface area contributed by atoms with Crippen molar-refractivity contribution in [2.24, 2.45) is 0 Å². The highest BCUT2D eigenvalue weighted by Crippen LogP contribution is 2.26. The summed E-state index contributed by atoms with van der Waals surface area (Å²) in [5.41, 5.74) is 0. The number of hydrogen-bond donors (Lipinski definition) is 1. The number of nitrogens with one attached hydrogen (secondary N) is 1. The topological polar surface area (TPSA) is 21.3 Å². The maximum absolute atomic E-state index is 5.45. The summed E-state index contributed by atoms with van der Waals surface area (Å²) in [5, 5.41) is 4.55. The van der Waals surface area contributed by atoms with Crippen molar-refractivity contribution in [2.45, 2.75) is 43.5 Å². The molecule has 2 nitrogen and oxygen atoms in total. The summed E-state index contributed by atoms with van der Waals surface area (Å²) < 4.78 is 5.45. The maximum Gasteiger partial charge on any atom is 0.0619 e. The molecule has 2 fully saturated rings. The van der Waals surface area contributed by atoms with Crippen LogP contribution >= 0.6 is 11.8 Å². The van der Waals surface area contributed by atoms with Gasteiger partial charge in [-0.2, -0.15) is 11.8 Å². The predicted octanol–water partition coefficient (Wildman–Crippen LogP) is 1.65. The molecule has 13 heavy (non-hydrogen) atoms. The minimum absolute atomic E-state index is 0.629. The molecule has 2 heterocycles. The van der Waals surface area contributed by atoms with Crippen LogP contribution in [0, 0.1) is 0 Å². The number of ether oxygens (including phenoxy) is 1. The second-order valence-corrected chi connectivity index (χ2v) is 5.63. The molecule has 0 saturated carbocycles. The summed E-state index contributed by atoms with van der Waals surface area (Å²) in [6, 6.07) is 1.37. The van der Waals surface area contributed by atoms with E-state index in [9.17, 15) is 0 Å². The summed E-state index contributed by atoms with van der Waals surface area (Å²) in [5.74, 6) is 1.29. The normalized spacial score (nSPS) is 40.8. The van der Waals surface area contributed by atoms with Crippen molar-refractivity contribution in [2.75, 3.05) is 19.0 Å². The van der Waals surface area contributed by atoms with Gasteiger partial charge in [0.25, 0.3) is 0 Å². The predicted molar refractivity (Wildman–Crippen MR) is 57.3 cm³/mol. The summed E-state index contributed by atoms with van der Waals surface area (Å²) in [4.78, 5) is 0. The number of hydrogen-bond acceptors (Lipinski definition) is 3. The smallest absolute Gasteiger partial charge is 0.0619 e. The van der Waals surface area contributed by atoms with Crippen LogP contribution in [0.4, 0.5) is 0 Å². The Labute approximate surface area is 84.8 Å². The molecule has 0 aliphatic carbocycles. The van der Waals surface area contributed by atoms with E-state index in [1.165, 1.54) is 25.0 Å². The Kier molecular flexibility index (Phi) is 3.52. The lowest BCUT2D eigenvalue weighted by Crippen LogP contribution is -2.43. The SMILES string of the molecule is CC1CC(NC2CCCOC2)CS1. The van der Waals surface area contributed by atoms with Gasteiger partial charge in [-0.05, 0) is 19.3 Å². The summed E-state index contributed by atoms with van der Waals surface area (Å²) in [6.45, 7) is 4.22. The lowest BCUT2D eigenvalue weighted by Gasteiger charge is -2.26. The van der Waals surface area contributed by atoms with E-state index in [-0.39, 0.29) is 0 Å². The molecule has 3 unspecified atom stereocenters. The molecule has 0 aromatic heterocycles. The van der Waals surface area contributed by atoms with Gasteiger partial charge in [-0.15, -0.1) is 0 Å². The van der Waals surface area contributed by atoms with Gasteiger partial charge >= 0.3 is 0 Å². The zero-order chi connectivity index (χ0) is 9.10. The zero-order valence-corrected chi connectivity index (χ0v) is 9.11. The van der Waals surface area contributed by atoms with E-state index in [0.717, 1.165) is 24.5 Å². The van der Waals surface area contributed by atoms with E-state index in [2.05, 4.69) is 24.0 Å². The third-order valence-corrected chi connectivity index (χ3v) is 4.19. The molecule has 0 aromatic carbocycles. The standard InChI is InChI=1S/C10H19NOS/c1-8-5-10(7-13-8)11-9-3-2-4-12-6-9/h8-11H,2-7H2,1H3. The fourth-order valence-corrected chi connectivity index (χ4v) is 3.30. The molecule has 0 spiro atoms. The monoisotopic (exact) mass is 201 g/mol. The molecule has 0 amide bonds. The van der Waals surface area contributed by atoms with E-state index in [1.54, 1.807) is 0 Å². The van der Waals surface area contributed by atoms with Crippen LogP contribution in [0.5, 0.6) is 0 Å². The Hall–Kier alpha value is 0.270. The van der Waals surface area contributed by atoms with Crippen molar-refractivity contribution in [1.29, 1.82) is 0 Å². The average Bonchev–Trinajstić information content (AvgIpc) is 2.53. The zero-order valence-electron chi connectivity index (χ0n) is 8.29. The molecule has 0 bridgehead atoms.